The first-order valence-electron chi connectivity index (χ1n) is 8.65. The number of piperazine rings is 1. The summed E-state index contributed by atoms with van der Waals surface area (Å²) in [5.74, 6) is 1.94. The van der Waals surface area contributed by atoms with Gasteiger partial charge >= 0.3 is 0 Å². The lowest BCUT2D eigenvalue weighted by Crippen LogP contribution is -2.52. The lowest BCUT2D eigenvalue weighted by atomic mass is 10.1. The van der Waals surface area contributed by atoms with Gasteiger partial charge in [-0.1, -0.05) is 11.8 Å². The maximum absolute atomic E-state index is 9.45. The first-order chi connectivity index (χ1) is 12.2. The van der Waals surface area contributed by atoms with Gasteiger partial charge in [0.05, 0.1) is 6.54 Å². The summed E-state index contributed by atoms with van der Waals surface area (Å²) < 4.78 is 5.72. The van der Waals surface area contributed by atoms with Crippen LogP contribution in [0.5, 0.6) is 0 Å². The molecule has 2 aromatic rings. The van der Waals surface area contributed by atoms with Crippen molar-refractivity contribution in [3.63, 3.8) is 0 Å². The molecule has 25 heavy (non-hydrogen) atoms. The molecule has 0 spiro atoms. The molecule has 1 atom stereocenters. The largest absolute Gasteiger partial charge is 0.465 e. The number of aliphatic hydroxyl groups excluding tert-OH is 1. The molecule has 7 heteroatoms. The molecule has 1 saturated heterocycles. The molecule has 0 aliphatic carbocycles. The summed E-state index contributed by atoms with van der Waals surface area (Å²) in [6, 6.07) is 4.38. The molecule has 1 aliphatic rings. The zero-order valence-corrected chi connectivity index (χ0v) is 15.7. The zero-order valence-electron chi connectivity index (χ0n) is 14.9. The first kappa shape index (κ1) is 18.4. The maximum atomic E-state index is 9.45. The summed E-state index contributed by atoms with van der Waals surface area (Å²) >= 11 is 1.55. The molecule has 3 heterocycles. The molecular formula is C18H26N4O2S. The van der Waals surface area contributed by atoms with E-state index in [-0.39, 0.29) is 6.61 Å². The van der Waals surface area contributed by atoms with Crippen molar-refractivity contribution < 1.29 is 9.52 Å². The molecule has 0 unspecified atom stereocenters. The summed E-state index contributed by atoms with van der Waals surface area (Å²) in [7, 11) is 0. The number of hydrogen-bond donors (Lipinski definition) is 1. The van der Waals surface area contributed by atoms with Crippen LogP contribution >= 0.6 is 11.8 Å². The van der Waals surface area contributed by atoms with Gasteiger partial charge in [-0.15, -0.1) is 0 Å². The Morgan fingerprint density at radius 3 is 2.68 bits per heavy atom. The van der Waals surface area contributed by atoms with Gasteiger partial charge in [-0.3, -0.25) is 9.80 Å². The summed E-state index contributed by atoms with van der Waals surface area (Å²) in [5, 5.41) is 10.3. The van der Waals surface area contributed by atoms with Crippen molar-refractivity contribution in [3.05, 3.63) is 41.6 Å². The Morgan fingerprint density at radius 2 is 2.04 bits per heavy atom. The quantitative estimate of drug-likeness (QED) is 0.598. The molecule has 0 aromatic carbocycles. The predicted octanol–water partition coefficient (Wildman–Crippen LogP) is 2.17. The molecule has 0 amide bonds. The fourth-order valence-electron chi connectivity index (χ4n) is 3.29. The van der Waals surface area contributed by atoms with E-state index in [2.05, 4.69) is 19.8 Å². The van der Waals surface area contributed by atoms with Crippen LogP contribution in [0.2, 0.25) is 0 Å². The minimum absolute atomic E-state index is 0.206. The van der Waals surface area contributed by atoms with E-state index in [4.69, 9.17) is 4.42 Å². The molecule has 0 saturated carbocycles. The third-order valence-electron chi connectivity index (χ3n) is 4.58. The number of aromatic nitrogens is 2. The molecule has 0 bridgehead atoms. The van der Waals surface area contributed by atoms with Crippen LogP contribution in [0.15, 0.2) is 34.1 Å². The standard InChI is InChI=1S/C18H26N4O2S/c1-14-3-4-17(24-14)13-22-7-6-21(12-16(22)5-8-23)11-15-9-19-18(25-2)20-10-15/h3-4,9-10,16,23H,5-8,11-13H2,1-2H3/t16-/m0/s1. The third kappa shape index (κ3) is 5.04. The first-order valence-corrected chi connectivity index (χ1v) is 9.88. The van der Waals surface area contributed by atoms with E-state index in [1.807, 2.05) is 37.7 Å². The van der Waals surface area contributed by atoms with Crippen molar-refractivity contribution >= 4 is 11.8 Å². The average molecular weight is 362 g/mol. The van der Waals surface area contributed by atoms with E-state index in [0.717, 1.165) is 61.4 Å². The number of aryl methyl sites for hydroxylation is 1. The molecule has 0 radical (unpaired) electrons. The Bertz CT molecular complexity index is 661. The van der Waals surface area contributed by atoms with Gasteiger partial charge in [0.2, 0.25) is 0 Å². The normalized spacial score (nSPS) is 19.4. The van der Waals surface area contributed by atoms with E-state index in [9.17, 15) is 5.11 Å². The number of nitrogens with zero attached hydrogens (tertiary/aromatic N) is 4. The Labute approximate surface area is 153 Å². The van der Waals surface area contributed by atoms with Gasteiger partial charge in [-0.25, -0.2) is 9.97 Å². The van der Waals surface area contributed by atoms with E-state index < -0.39 is 0 Å². The number of rotatable bonds is 7. The molecule has 1 N–H and O–H groups in total. The second-order valence-corrected chi connectivity index (χ2v) is 7.24. The summed E-state index contributed by atoms with van der Waals surface area (Å²) in [6.45, 7) is 6.72. The third-order valence-corrected chi connectivity index (χ3v) is 5.15. The van der Waals surface area contributed by atoms with Crippen molar-refractivity contribution in [3.8, 4) is 0 Å². The van der Waals surface area contributed by atoms with Crippen LogP contribution < -0.4 is 0 Å². The van der Waals surface area contributed by atoms with Gasteiger partial charge in [0, 0.05) is 56.8 Å². The summed E-state index contributed by atoms with van der Waals surface area (Å²) in [6.07, 6.45) is 6.59. The van der Waals surface area contributed by atoms with Crippen LogP contribution in [0, 0.1) is 6.92 Å². The maximum Gasteiger partial charge on any atom is 0.187 e. The summed E-state index contributed by atoms with van der Waals surface area (Å²) in [4.78, 5) is 13.5. The average Bonchev–Trinajstić information content (AvgIpc) is 3.03. The van der Waals surface area contributed by atoms with E-state index in [0.29, 0.717) is 6.04 Å². The second kappa shape index (κ2) is 8.80. The fourth-order valence-corrected chi connectivity index (χ4v) is 3.61. The monoisotopic (exact) mass is 362 g/mol. The molecule has 2 aromatic heterocycles. The Hall–Kier alpha value is -1.41. The van der Waals surface area contributed by atoms with Gasteiger partial charge in [-0.2, -0.15) is 0 Å². The molecule has 1 fully saturated rings. The van der Waals surface area contributed by atoms with E-state index in [1.165, 1.54) is 0 Å². The van der Waals surface area contributed by atoms with Crippen LogP contribution in [-0.4, -0.2) is 63.4 Å². The van der Waals surface area contributed by atoms with Gasteiger partial charge in [0.15, 0.2) is 5.16 Å². The minimum atomic E-state index is 0.206. The molecular weight excluding hydrogens is 336 g/mol. The lowest BCUT2D eigenvalue weighted by Gasteiger charge is -2.41. The number of hydrogen-bond acceptors (Lipinski definition) is 7. The Kier molecular flexibility index (Phi) is 6.47. The highest BCUT2D eigenvalue weighted by Crippen LogP contribution is 2.19. The Morgan fingerprint density at radius 1 is 1.24 bits per heavy atom. The van der Waals surface area contributed by atoms with Gasteiger partial charge in [0.1, 0.15) is 11.5 Å². The van der Waals surface area contributed by atoms with Crippen LogP contribution in [-0.2, 0) is 13.1 Å². The van der Waals surface area contributed by atoms with Crippen molar-refractivity contribution in [2.75, 3.05) is 32.5 Å². The highest BCUT2D eigenvalue weighted by molar-refractivity contribution is 7.98. The van der Waals surface area contributed by atoms with Crippen LogP contribution in [0.1, 0.15) is 23.5 Å². The zero-order chi connectivity index (χ0) is 17.6. The fraction of sp³-hybridized carbons (Fsp3) is 0.556. The van der Waals surface area contributed by atoms with Gasteiger partial charge in [0.25, 0.3) is 0 Å². The Balaban J connectivity index is 1.59. The van der Waals surface area contributed by atoms with Crippen molar-refractivity contribution in [1.29, 1.82) is 0 Å². The lowest BCUT2D eigenvalue weighted by molar-refractivity contribution is 0.0453. The molecule has 1 aliphatic heterocycles. The number of furan rings is 1. The molecule has 6 nitrogen and oxygen atoms in total. The van der Waals surface area contributed by atoms with Gasteiger partial charge in [-0.05, 0) is 31.7 Å². The number of thioether (sulfide) groups is 1. The molecule has 3 rings (SSSR count). The SMILES string of the molecule is CSc1ncc(CN2CCN(Cc3ccc(C)o3)[C@@H](CCO)C2)cn1. The van der Waals surface area contributed by atoms with Crippen LogP contribution in [0.3, 0.4) is 0 Å². The molecule has 136 valence electrons. The van der Waals surface area contributed by atoms with E-state index >= 15 is 0 Å². The van der Waals surface area contributed by atoms with Crippen molar-refractivity contribution in [2.45, 2.75) is 37.6 Å². The highest BCUT2D eigenvalue weighted by Gasteiger charge is 2.27. The minimum Gasteiger partial charge on any atom is -0.465 e. The van der Waals surface area contributed by atoms with E-state index in [1.54, 1.807) is 11.8 Å². The second-order valence-electron chi connectivity index (χ2n) is 6.46. The van der Waals surface area contributed by atoms with Crippen molar-refractivity contribution in [2.24, 2.45) is 0 Å². The highest BCUT2D eigenvalue weighted by atomic mass is 32.2. The van der Waals surface area contributed by atoms with Gasteiger partial charge < -0.3 is 9.52 Å². The predicted molar refractivity (Wildman–Crippen MR) is 98.4 cm³/mol. The smallest absolute Gasteiger partial charge is 0.187 e. The topological polar surface area (TPSA) is 65.6 Å². The van der Waals surface area contributed by atoms with Crippen LogP contribution in [0.4, 0.5) is 0 Å². The number of aliphatic hydroxyl groups is 1. The summed E-state index contributed by atoms with van der Waals surface area (Å²) in [5.41, 5.74) is 1.13. The van der Waals surface area contributed by atoms with Crippen LogP contribution in [0.25, 0.3) is 0 Å². The van der Waals surface area contributed by atoms with Crippen molar-refractivity contribution in [1.82, 2.24) is 19.8 Å².